The van der Waals surface area contributed by atoms with Crippen LogP contribution in [-0.2, 0) is 0 Å². The van der Waals surface area contributed by atoms with E-state index in [0.29, 0.717) is 35.0 Å². The number of carbonyl (C=O) groups excluding carboxylic acids is 2. The van der Waals surface area contributed by atoms with Crippen LogP contribution in [0.15, 0.2) is 78.9 Å². The molecule has 0 fully saturated rings. The largest absolute Gasteiger partial charge is 0.493 e. The van der Waals surface area contributed by atoms with Crippen molar-refractivity contribution >= 4 is 23.2 Å². The molecular formula is C24H24N2O3. The van der Waals surface area contributed by atoms with Crippen LogP contribution >= 0.6 is 0 Å². The molecule has 0 unspecified atom stereocenters. The zero-order valence-corrected chi connectivity index (χ0v) is 16.5. The summed E-state index contributed by atoms with van der Waals surface area (Å²) >= 11 is 0. The molecule has 3 aromatic carbocycles. The maximum atomic E-state index is 12.4. The maximum Gasteiger partial charge on any atom is 0.255 e. The number of hydrogen-bond acceptors (Lipinski definition) is 3. The molecule has 0 saturated carbocycles. The predicted molar refractivity (Wildman–Crippen MR) is 116 cm³/mol. The van der Waals surface area contributed by atoms with Gasteiger partial charge in [0.15, 0.2) is 0 Å². The molecule has 29 heavy (non-hydrogen) atoms. The molecule has 0 bridgehead atoms. The molecule has 2 amide bonds. The second-order valence-corrected chi connectivity index (χ2v) is 7.08. The number of ether oxygens (including phenoxy) is 1. The fourth-order valence-corrected chi connectivity index (χ4v) is 2.60. The second-order valence-electron chi connectivity index (χ2n) is 7.08. The predicted octanol–water partition coefficient (Wildman–Crippen LogP) is 5.23. The summed E-state index contributed by atoms with van der Waals surface area (Å²) in [6.45, 7) is 4.80. The molecule has 2 N–H and O–H groups in total. The molecule has 5 nitrogen and oxygen atoms in total. The Morgan fingerprint density at radius 1 is 0.724 bits per heavy atom. The lowest BCUT2D eigenvalue weighted by atomic mass is 10.2. The van der Waals surface area contributed by atoms with Crippen molar-refractivity contribution in [3.05, 3.63) is 90.0 Å². The molecule has 3 rings (SSSR count). The monoisotopic (exact) mass is 388 g/mol. The lowest BCUT2D eigenvalue weighted by molar-refractivity contribution is 0.101. The van der Waals surface area contributed by atoms with Gasteiger partial charge in [-0.15, -0.1) is 0 Å². The van der Waals surface area contributed by atoms with Gasteiger partial charge in [-0.2, -0.15) is 0 Å². The van der Waals surface area contributed by atoms with Gasteiger partial charge in [0.1, 0.15) is 5.75 Å². The Morgan fingerprint density at radius 2 is 1.21 bits per heavy atom. The van der Waals surface area contributed by atoms with E-state index in [4.69, 9.17) is 4.74 Å². The first-order valence-corrected chi connectivity index (χ1v) is 9.52. The molecule has 0 spiro atoms. The Bertz CT molecular complexity index is 950. The van der Waals surface area contributed by atoms with Crippen molar-refractivity contribution in [1.29, 1.82) is 0 Å². The van der Waals surface area contributed by atoms with Gasteiger partial charge in [0.05, 0.1) is 6.61 Å². The van der Waals surface area contributed by atoms with Crippen molar-refractivity contribution in [2.24, 2.45) is 5.92 Å². The van der Waals surface area contributed by atoms with Crippen LogP contribution in [0, 0.1) is 5.92 Å². The third-order valence-electron chi connectivity index (χ3n) is 4.14. The normalized spacial score (nSPS) is 10.4. The number of hydrogen-bond donors (Lipinski definition) is 2. The van der Waals surface area contributed by atoms with Crippen molar-refractivity contribution < 1.29 is 14.3 Å². The lowest BCUT2D eigenvalue weighted by Crippen LogP contribution is -2.13. The summed E-state index contributed by atoms with van der Waals surface area (Å²) in [5.41, 5.74) is 2.44. The topological polar surface area (TPSA) is 67.4 Å². The SMILES string of the molecule is CC(C)COc1ccc(C(=O)Nc2ccc(NC(=O)c3ccccc3)cc2)cc1. The Morgan fingerprint density at radius 3 is 1.69 bits per heavy atom. The van der Waals surface area contributed by atoms with Crippen LogP contribution in [0.2, 0.25) is 0 Å². The summed E-state index contributed by atoms with van der Waals surface area (Å²) in [5.74, 6) is 0.802. The highest BCUT2D eigenvalue weighted by Crippen LogP contribution is 2.17. The van der Waals surface area contributed by atoms with Gasteiger partial charge >= 0.3 is 0 Å². The third kappa shape index (κ3) is 5.94. The highest BCUT2D eigenvalue weighted by atomic mass is 16.5. The van der Waals surface area contributed by atoms with Gasteiger partial charge in [0, 0.05) is 22.5 Å². The fraction of sp³-hybridized carbons (Fsp3) is 0.167. The van der Waals surface area contributed by atoms with Crippen molar-refractivity contribution in [3.63, 3.8) is 0 Å². The molecule has 0 atom stereocenters. The first-order chi connectivity index (χ1) is 14.0. The van der Waals surface area contributed by atoms with E-state index in [2.05, 4.69) is 24.5 Å². The molecule has 0 heterocycles. The summed E-state index contributed by atoms with van der Waals surface area (Å²) < 4.78 is 5.63. The number of amides is 2. The van der Waals surface area contributed by atoms with Crippen LogP contribution in [0.1, 0.15) is 34.6 Å². The molecule has 148 valence electrons. The van der Waals surface area contributed by atoms with Crippen LogP contribution in [-0.4, -0.2) is 18.4 Å². The Kier molecular flexibility index (Phi) is 6.63. The molecule has 0 aliphatic rings. The van der Waals surface area contributed by atoms with E-state index >= 15 is 0 Å². The first-order valence-electron chi connectivity index (χ1n) is 9.52. The van der Waals surface area contributed by atoms with E-state index in [1.807, 2.05) is 18.2 Å². The highest BCUT2D eigenvalue weighted by molar-refractivity contribution is 6.05. The van der Waals surface area contributed by atoms with E-state index in [-0.39, 0.29) is 11.8 Å². The highest BCUT2D eigenvalue weighted by Gasteiger charge is 2.08. The zero-order valence-electron chi connectivity index (χ0n) is 16.5. The molecular weight excluding hydrogens is 364 g/mol. The number of benzene rings is 3. The van der Waals surface area contributed by atoms with Crippen molar-refractivity contribution in [2.75, 3.05) is 17.2 Å². The Hall–Kier alpha value is -3.60. The second kappa shape index (κ2) is 9.55. The van der Waals surface area contributed by atoms with Gasteiger partial charge in [-0.05, 0) is 66.6 Å². The molecule has 0 saturated heterocycles. The summed E-state index contributed by atoms with van der Waals surface area (Å²) in [7, 11) is 0. The third-order valence-corrected chi connectivity index (χ3v) is 4.14. The van der Waals surface area contributed by atoms with Crippen molar-refractivity contribution in [1.82, 2.24) is 0 Å². The van der Waals surface area contributed by atoms with Gasteiger partial charge < -0.3 is 15.4 Å². The van der Waals surface area contributed by atoms with E-state index in [0.717, 1.165) is 5.75 Å². The standard InChI is InChI=1S/C24H24N2O3/c1-17(2)16-29-22-14-8-19(9-15-22)24(28)26-21-12-10-20(11-13-21)25-23(27)18-6-4-3-5-7-18/h3-15,17H,16H2,1-2H3,(H,25,27)(H,26,28). The summed E-state index contributed by atoms with van der Waals surface area (Å²) in [6, 6.07) is 23.0. The fourth-order valence-electron chi connectivity index (χ4n) is 2.60. The molecule has 0 aliphatic heterocycles. The summed E-state index contributed by atoms with van der Waals surface area (Å²) in [5, 5.41) is 5.68. The van der Waals surface area contributed by atoms with Crippen LogP contribution in [0.3, 0.4) is 0 Å². The van der Waals surface area contributed by atoms with Gasteiger partial charge in [0.2, 0.25) is 0 Å². The molecule has 3 aromatic rings. The summed E-state index contributed by atoms with van der Waals surface area (Å²) in [6.07, 6.45) is 0. The van der Waals surface area contributed by atoms with Crippen LogP contribution in [0.5, 0.6) is 5.75 Å². The zero-order chi connectivity index (χ0) is 20.6. The molecule has 0 aliphatic carbocycles. The minimum absolute atomic E-state index is 0.179. The average molecular weight is 388 g/mol. The van der Waals surface area contributed by atoms with Crippen molar-refractivity contribution in [3.8, 4) is 5.75 Å². The summed E-state index contributed by atoms with van der Waals surface area (Å²) in [4.78, 5) is 24.6. The Balaban J connectivity index is 1.56. The van der Waals surface area contributed by atoms with E-state index in [1.54, 1.807) is 60.7 Å². The maximum absolute atomic E-state index is 12.4. The van der Waals surface area contributed by atoms with Gasteiger partial charge in [-0.1, -0.05) is 32.0 Å². The number of carbonyl (C=O) groups is 2. The van der Waals surface area contributed by atoms with Crippen molar-refractivity contribution in [2.45, 2.75) is 13.8 Å². The molecule has 5 heteroatoms. The average Bonchev–Trinajstić information content (AvgIpc) is 2.74. The van der Waals surface area contributed by atoms with E-state index in [1.165, 1.54) is 0 Å². The first kappa shape index (κ1) is 20.1. The van der Waals surface area contributed by atoms with E-state index < -0.39 is 0 Å². The number of anilines is 2. The van der Waals surface area contributed by atoms with E-state index in [9.17, 15) is 9.59 Å². The van der Waals surface area contributed by atoms with Gasteiger partial charge in [0.25, 0.3) is 11.8 Å². The van der Waals surface area contributed by atoms with Gasteiger partial charge in [-0.3, -0.25) is 9.59 Å². The number of rotatable bonds is 7. The van der Waals surface area contributed by atoms with Gasteiger partial charge in [-0.25, -0.2) is 0 Å². The lowest BCUT2D eigenvalue weighted by Gasteiger charge is -2.10. The minimum Gasteiger partial charge on any atom is -0.493 e. The van der Waals surface area contributed by atoms with Crippen LogP contribution in [0.4, 0.5) is 11.4 Å². The minimum atomic E-state index is -0.207. The number of nitrogens with one attached hydrogen (secondary N) is 2. The Labute approximate surface area is 170 Å². The quantitative estimate of drug-likeness (QED) is 0.583. The van der Waals surface area contributed by atoms with Crippen LogP contribution in [0.25, 0.3) is 0 Å². The smallest absolute Gasteiger partial charge is 0.255 e. The van der Waals surface area contributed by atoms with Crippen LogP contribution < -0.4 is 15.4 Å². The molecule has 0 radical (unpaired) electrons. The molecule has 0 aromatic heterocycles.